The number of rotatable bonds is 5. The zero-order valence-corrected chi connectivity index (χ0v) is 9.75. The second kappa shape index (κ2) is 5.94. The van der Waals surface area contributed by atoms with E-state index in [0.29, 0.717) is 0 Å². The molecule has 1 amide bonds. The minimum absolute atomic E-state index is 0.0144. The van der Waals surface area contributed by atoms with Crippen molar-refractivity contribution in [3.63, 3.8) is 0 Å². The molecular formula is C10H10F2N2O5. The lowest BCUT2D eigenvalue weighted by Crippen LogP contribution is -2.24. The van der Waals surface area contributed by atoms with E-state index in [9.17, 15) is 23.7 Å². The molecule has 0 fully saturated rings. The summed E-state index contributed by atoms with van der Waals surface area (Å²) in [4.78, 5) is 21.3. The lowest BCUT2D eigenvalue weighted by molar-refractivity contribution is -0.385. The third-order valence-electron chi connectivity index (χ3n) is 2.21. The Hall–Kier alpha value is -2.45. The van der Waals surface area contributed by atoms with Gasteiger partial charge in [-0.15, -0.1) is 0 Å². The number of amides is 1. The normalized spacial score (nSPS) is 10.3. The van der Waals surface area contributed by atoms with E-state index >= 15 is 0 Å². The smallest absolute Gasteiger partial charge is 0.407 e. The van der Waals surface area contributed by atoms with Crippen LogP contribution < -0.4 is 4.74 Å². The first-order valence-electron chi connectivity index (χ1n) is 4.97. The number of non-ortho nitro benzene ring substituents is 1. The molecule has 0 aliphatic heterocycles. The van der Waals surface area contributed by atoms with Gasteiger partial charge < -0.3 is 14.7 Å². The highest BCUT2D eigenvalue weighted by Crippen LogP contribution is 2.26. The van der Waals surface area contributed by atoms with Gasteiger partial charge in [-0.2, -0.15) is 8.78 Å². The minimum Gasteiger partial charge on any atom is -0.465 e. The Bertz CT molecular complexity index is 495. The van der Waals surface area contributed by atoms with Crippen LogP contribution in [0.2, 0.25) is 0 Å². The zero-order valence-electron chi connectivity index (χ0n) is 9.75. The molecule has 0 unspecified atom stereocenters. The van der Waals surface area contributed by atoms with Crippen LogP contribution in [0.15, 0.2) is 18.2 Å². The fourth-order valence-electron chi connectivity index (χ4n) is 1.34. The van der Waals surface area contributed by atoms with Crippen LogP contribution in [-0.2, 0) is 6.54 Å². The Morgan fingerprint density at radius 2 is 2.21 bits per heavy atom. The van der Waals surface area contributed by atoms with E-state index in [1.807, 2.05) is 0 Å². The van der Waals surface area contributed by atoms with Crippen LogP contribution in [0, 0.1) is 10.1 Å². The number of carbonyl (C=O) groups is 1. The molecular weight excluding hydrogens is 266 g/mol. The van der Waals surface area contributed by atoms with Crippen molar-refractivity contribution in [2.24, 2.45) is 0 Å². The van der Waals surface area contributed by atoms with Gasteiger partial charge in [-0.3, -0.25) is 10.1 Å². The summed E-state index contributed by atoms with van der Waals surface area (Å²) in [6, 6.07) is 3.01. The summed E-state index contributed by atoms with van der Waals surface area (Å²) in [5.74, 6) is -0.297. The highest BCUT2D eigenvalue weighted by Gasteiger charge is 2.17. The summed E-state index contributed by atoms with van der Waals surface area (Å²) in [5, 5.41) is 19.3. The van der Waals surface area contributed by atoms with Crippen molar-refractivity contribution in [1.82, 2.24) is 4.90 Å². The van der Waals surface area contributed by atoms with E-state index in [-0.39, 0.29) is 23.5 Å². The molecule has 0 saturated heterocycles. The number of alkyl halides is 2. The average Bonchev–Trinajstić information content (AvgIpc) is 2.30. The molecule has 1 aromatic rings. The van der Waals surface area contributed by atoms with Crippen LogP contribution in [0.4, 0.5) is 19.3 Å². The summed E-state index contributed by atoms with van der Waals surface area (Å²) in [6.07, 6.45) is -1.30. The SMILES string of the molecule is CN(Cc1cc([N+](=O)[O-])ccc1OC(F)F)C(=O)O. The van der Waals surface area contributed by atoms with Gasteiger partial charge in [-0.1, -0.05) is 0 Å². The highest BCUT2D eigenvalue weighted by atomic mass is 19.3. The number of hydrogen-bond donors (Lipinski definition) is 1. The third-order valence-corrected chi connectivity index (χ3v) is 2.21. The molecule has 19 heavy (non-hydrogen) atoms. The maximum absolute atomic E-state index is 12.2. The molecule has 9 heteroatoms. The topological polar surface area (TPSA) is 92.9 Å². The molecule has 0 bridgehead atoms. The quantitative estimate of drug-likeness (QED) is 0.658. The number of halogens is 2. The molecule has 0 radical (unpaired) electrons. The maximum atomic E-state index is 12.2. The average molecular weight is 276 g/mol. The number of carboxylic acid groups (broad SMARTS) is 1. The standard InChI is InChI=1S/C10H10F2N2O5/c1-13(10(15)16)5-6-4-7(14(17)18)2-3-8(6)19-9(11)12/h2-4,9H,5H2,1H3,(H,15,16). The monoisotopic (exact) mass is 276 g/mol. The minimum atomic E-state index is -3.10. The van der Waals surface area contributed by atoms with Crippen LogP contribution in [0.3, 0.4) is 0 Å². The van der Waals surface area contributed by atoms with E-state index < -0.39 is 17.6 Å². The number of nitro benzene ring substituents is 1. The Balaban J connectivity index is 3.10. The molecule has 0 aliphatic rings. The molecule has 7 nitrogen and oxygen atoms in total. The molecule has 0 aromatic heterocycles. The predicted molar refractivity (Wildman–Crippen MR) is 59.2 cm³/mol. The summed E-state index contributed by atoms with van der Waals surface area (Å²) in [5.41, 5.74) is -0.352. The first kappa shape index (κ1) is 14.6. The fraction of sp³-hybridized carbons (Fsp3) is 0.300. The number of benzene rings is 1. The Morgan fingerprint density at radius 3 is 2.68 bits per heavy atom. The first-order chi connectivity index (χ1) is 8.81. The van der Waals surface area contributed by atoms with Crippen LogP contribution in [-0.4, -0.2) is 34.7 Å². The van der Waals surface area contributed by atoms with Crippen molar-refractivity contribution in [3.8, 4) is 5.75 Å². The van der Waals surface area contributed by atoms with Gasteiger partial charge in [0.25, 0.3) is 5.69 Å². The van der Waals surface area contributed by atoms with Gasteiger partial charge in [0.05, 0.1) is 11.5 Å². The Kier molecular flexibility index (Phi) is 4.56. The van der Waals surface area contributed by atoms with Crippen molar-refractivity contribution >= 4 is 11.8 Å². The van der Waals surface area contributed by atoms with Gasteiger partial charge in [0.15, 0.2) is 0 Å². The first-order valence-corrected chi connectivity index (χ1v) is 4.97. The van der Waals surface area contributed by atoms with Crippen LogP contribution in [0.5, 0.6) is 5.75 Å². The number of hydrogen-bond acceptors (Lipinski definition) is 4. The van der Waals surface area contributed by atoms with Gasteiger partial charge >= 0.3 is 12.7 Å². The second-order valence-electron chi connectivity index (χ2n) is 3.57. The van der Waals surface area contributed by atoms with Crippen molar-refractivity contribution < 1.29 is 28.3 Å². The molecule has 104 valence electrons. The van der Waals surface area contributed by atoms with Crippen molar-refractivity contribution in [3.05, 3.63) is 33.9 Å². The number of ether oxygens (including phenoxy) is 1. The van der Waals surface area contributed by atoms with Crippen molar-refractivity contribution in [2.75, 3.05) is 7.05 Å². The summed E-state index contributed by atoms with van der Waals surface area (Å²) in [6.45, 7) is -3.41. The lowest BCUT2D eigenvalue weighted by Gasteiger charge is -2.16. The Labute approximate surface area is 106 Å². The van der Waals surface area contributed by atoms with E-state index in [0.717, 1.165) is 23.1 Å². The van der Waals surface area contributed by atoms with Gasteiger partial charge in [-0.05, 0) is 6.07 Å². The molecule has 1 rings (SSSR count). The molecule has 1 aromatic carbocycles. The fourth-order valence-corrected chi connectivity index (χ4v) is 1.34. The van der Waals surface area contributed by atoms with Crippen molar-refractivity contribution in [1.29, 1.82) is 0 Å². The van der Waals surface area contributed by atoms with Crippen LogP contribution in [0.1, 0.15) is 5.56 Å². The van der Waals surface area contributed by atoms with Gasteiger partial charge in [0, 0.05) is 24.7 Å². The lowest BCUT2D eigenvalue weighted by atomic mass is 10.1. The third kappa shape index (κ3) is 4.05. The summed E-state index contributed by atoms with van der Waals surface area (Å²) in [7, 11) is 1.20. The second-order valence-corrected chi connectivity index (χ2v) is 3.57. The van der Waals surface area contributed by atoms with Crippen LogP contribution >= 0.6 is 0 Å². The van der Waals surface area contributed by atoms with Crippen molar-refractivity contribution in [2.45, 2.75) is 13.2 Å². The van der Waals surface area contributed by atoms with E-state index in [2.05, 4.69) is 4.74 Å². The van der Waals surface area contributed by atoms with E-state index in [4.69, 9.17) is 5.11 Å². The Morgan fingerprint density at radius 1 is 1.58 bits per heavy atom. The van der Waals surface area contributed by atoms with E-state index in [1.165, 1.54) is 7.05 Å². The predicted octanol–water partition coefficient (Wildman–Crippen LogP) is 2.31. The highest BCUT2D eigenvalue weighted by molar-refractivity contribution is 5.64. The molecule has 0 heterocycles. The van der Waals surface area contributed by atoms with Gasteiger partial charge in [-0.25, -0.2) is 4.79 Å². The number of nitrogens with zero attached hydrogens (tertiary/aromatic N) is 2. The van der Waals surface area contributed by atoms with Gasteiger partial charge in [0.2, 0.25) is 0 Å². The summed E-state index contributed by atoms with van der Waals surface area (Å²) < 4.78 is 28.5. The van der Waals surface area contributed by atoms with Gasteiger partial charge in [0.1, 0.15) is 5.75 Å². The molecule has 1 N–H and O–H groups in total. The number of nitro groups is 1. The zero-order chi connectivity index (χ0) is 14.6. The molecule has 0 atom stereocenters. The summed E-state index contributed by atoms with van der Waals surface area (Å²) >= 11 is 0. The molecule has 0 aliphatic carbocycles. The van der Waals surface area contributed by atoms with Crippen LogP contribution in [0.25, 0.3) is 0 Å². The van der Waals surface area contributed by atoms with E-state index in [1.54, 1.807) is 0 Å². The largest absolute Gasteiger partial charge is 0.465 e. The molecule has 0 saturated carbocycles. The molecule has 0 spiro atoms. The maximum Gasteiger partial charge on any atom is 0.407 e.